The van der Waals surface area contributed by atoms with Gasteiger partial charge in [0.15, 0.2) is 0 Å². The van der Waals surface area contributed by atoms with E-state index >= 15 is 0 Å². The van der Waals surface area contributed by atoms with Crippen molar-refractivity contribution in [1.82, 2.24) is 0 Å². The van der Waals surface area contributed by atoms with Crippen LogP contribution in [0.2, 0.25) is 0 Å². The smallest absolute Gasteiger partial charge is 0.307 e. The first kappa shape index (κ1) is 13.4. The van der Waals surface area contributed by atoms with E-state index in [2.05, 4.69) is 0 Å². The zero-order chi connectivity index (χ0) is 12.8. The molecule has 3 heteroatoms. The normalized spacial score (nSPS) is 11.9. The van der Waals surface area contributed by atoms with E-state index in [0.717, 1.165) is 5.57 Å². The van der Waals surface area contributed by atoms with Crippen LogP contribution in [0.15, 0.2) is 35.9 Å². The van der Waals surface area contributed by atoms with Crippen LogP contribution in [0.3, 0.4) is 0 Å². The summed E-state index contributed by atoms with van der Waals surface area (Å²) >= 11 is 0. The van der Waals surface area contributed by atoms with Gasteiger partial charge >= 0.3 is 5.97 Å². The minimum Gasteiger partial charge on any atom is -0.481 e. The number of halogens is 1. The Hall–Kier alpha value is -1.64. The van der Waals surface area contributed by atoms with Gasteiger partial charge in [0.25, 0.3) is 0 Å². The van der Waals surface area contributed by atoms with Crippen LogP contribution in [0.1, 0.15) is 25.8 Å². The summed E-state index contributed by atoms with van der Waals surface area (Å²) in [5.74, 6) is -1.79. The zero-order valence-corrected chi connectivity index (χ0v) is 10.1. The number of aliphatic carboxylic acids is 1. The number of allylic oxidation sites excluding steroid dienone is 2. The maximum absolute atomic E-state index is 13.4. The molecular formula is C14H17FO2. The highest BCUT2D eigenvalue weighted by Crippen LogP contribution is 2.17. The van der Waals surface area contributed by atoms with Gasteiger partial charge in [-0.25, -0.2) is 4.39 Å². The fraction of sp³-hybridized carbons (Fsp3) is 0.357. The van der Waals surface area contributed by atoms with Crippen LogP contribution in [-0.4, -0.2) is 11.1 Å². The van der Waals surface area contributed by atoms with Crippen LogP contribution in [-0.2, 0) is 11.2 Å². The Morgan fingerprint density at radius 1 is 1.41 bits per heavy atom. The van der Waals surface area contributed by atoms with Gasteiger partial charge in [0.1, 0.15) is 5.82 Å². The maximum atomic E-state index is 13.4. The quantitative estimate of drug-likeness (QED) is 0.795. The Kier molecular flexibility index (Phi) is 4.88. The number of carbonyl (C=O) groups is 1. The number of hydrogen-bond acceptors (Lipinski definition) is 1. The lowest BCUT2D eigenvalue weighted by atomic mass is 9.95. The van der Waals surface area contributed by atoms with Gasteiger partial charge in [0.2, 0.25) is 0 Å². The SMILES string of the molecule is CC(C)=CCC(Cc1ccccc1F)C(=O)O. The van der Waals surface area contributed by atoms with Crippen molar-refractivity contribution in [3.8, 4) is 0 Å². The summed E-state index contributed by atoms with van der Waals surface area (Å²) in [6.45, 7) is 3.84. The Balaban J connectivity index is 2.77. The summed E-state index contributed by atoms with van der Waals surface area (Å²) in [4.78, 5) is 11.1. The molecule has 1 aromatic rings. The van der Waals surface area contributed by atoms with Crippen LogP contribution in [0.5, 0.6) is 0 Å². The molecule has 0 amide bonds. The molecule has 1 aromatic carbocycles. The molecule has 92 valence electrons. The summed E-state index contributed by atoms with van der Waals surface area (Å²) < 4.78 is 13.4. The monoisotopic (exact) mass is 236 g/mol. The number of carboxylic acid groups (broad SMARTS) is 1. The molecule has 1 rings (SSSR count). The van der Waals surface area contributed by atoms with E-state index in [-0.39, 0.29) is 12.2 Å². The van der Waals surface area contributed by atoms with E-state index in [1.165, 1.54) is 6.07 Å². The highest BCUT2D eigenvalue weighted by molar-refractivity contribution is 5.70. The van der Waals surface area contributed by atoms with Gasteiger partial charge in [-0.05, 0) is 38.3 Å². The fourth-order valence-electron chi connectivity index (χ4n) is 1.58. The van der Waals surface area contributed by atoms with Crippen molar-refractivity contribution < 1.29 is 14.3 Å². The molecular weight excluding hydrogens is 219 g/mol. The molecule has 0 bridgehead atoms. The van der Waals surface area contributed by atoms with E-state index < -0.39 is 11.9 Å². The van der Waals surface area contributed by atoms with Crippen molar-refractivity contribution in [3.05, 3.63) is 47.3 Å². The summed E-state index contributed by atoms with van der Waals surface area (Å²) in [6.07, 6.45) is 2.54. The first-order valence-electron chi connectivity index (χ1n) is 5.60. The van der Waals surface area contributed by atoms with Gasteiger partial charge in [-0.1, -0.05) is 29.8 Å². The third-order valence-electron chi connectivity index (χ3n) is 2.58. The van der Waals surface area contributed by atoms with Gasteiger partial charge in [-0.3, -0.25) is 4.79 Å². The van der Waals surface area contributed by atoms with Crippen molar-refractivity contribution in [1.29, 1.82) is 0 Å². The molecule has 1 unspecified atom stereocenters. The fourth-order valence-corrected chi connectivity index (χ4v) is 1.58. The Labute approximate surface area is 101 Å². The van der Waals surface area contributed by atoms with Crippen molar-refractivity contribution in [3.63, 3.8) is 0 Å². The molecule has 17 heavy (non-hydrogen) atoms. The summed E-state index contributed by atoms with van der Waals surface area (Å²) in [7, 11) is 0. The van der Waals surface area contributed by atoms with Crippen molar-refractivity contribution in [2.75, 3.05) is 0 Å². The summed E-state index contributed by atoms with van der Waals surface area (Å²) in [5.41, 5.74) is 1.53. The first-order chi connectivity index (χ1) is 8.00. The number of hydrogen-bond donors (Lipinski definition) is 1. The molecule has 0 fully saturated rings. The van der Waals surface area contributed by atoms with E-state index in [4.69, 9.17) is 5.11 Å². The Morgan fingerprint density at radius 2 is 2.06 bits per heavy atom. The standard InChI is InChI=1S/C14H17FO2/c1-10(2)7-8-12(14(16)17)9-11-5-3-4-6-13(11)15/h3-7,12H,8-9H2,1-2H3,(H,16,17). The van der Waals surface area contributed by atoms with Crippen LogP contribution < -0.4 is 0 Å². The first-order valence-corrected chi connectivity index (χ1v) is 5.60. The van der Waals surface area contributed by atoms with Crippen LogP contribution in [0, 0.1) is 11.7 Å². The van der Waals surface area contributed by atoms with E-state index in [1.807, 2.05) is 19.9 Å². The topological polar surface area (TPSA) is 37.3 Å². The Morgan fingerprint density at radius 3 is 2.59 bits per heavy atom. The second-order valence-corrected chi connectivity index (χ2v) is 4.35. The number of carboxylic acids is 1. The molecule has 0 aliphatic rings. The second kappa shape index (κ2) is 6.18. The van der Waals surface area contributed by atoms with Gasteiger partial charge in [-0.2, -0.15) is 0 Å². The molecule has 0 aliphatic heterocycles. The molecule has 0 spiro atoms. The molecule has 1 atom stereocenters. The molecule has 0 aliphatic carbocycles. The third-order valence-corrected chi connectivity index (χ3v) is 2.58. The van der Waals surface area contributed by atoms with E-state index in [1.54, 1.807) is 18.2 Å². The molecule has 0 saturated heterocycles. The highest BCUT2D eigenvalue weighted by Gasteiger charge is 2.18. The number of benzene rings is 1. The molecule has 0 radical (unpaired) electrons. The minimum absolute atomic E-state index is 0.228. The lowest BCUT2D eigenvalue weighted by molar-refractivity contribution is -0.141. The predicted octanol–water partition coefficient (Wildman–Crippen LogP) is 3.43. The van der Waals surface area contributed by atoms with Crippen molar-refractivity contribution >= 4 is 5.97 Å². The lowest BCUT2D eigenvalue weighted by Crippen LogP contribution is -2.16. The maximum Gasteiger partial charge on any atom is 0.307 e. The largest absolute Gasteiger partial charge is 0.481 e. The average molecular weight is 236 g/mol. The average Bonchev–Trinajstić information content (AvgIpc) is 2.25. The Bertz CT molecular complexity index is 420. The molecule has 0 aromatic heterocycles. The molecule has 1 N–H and O–H groups in total. The zero-order valence-electron chi connectivity index (χ0n) is 10.1. The lowest BCUT2D eigenvalue weighted by Gasteiger charge is -2.11. The van der Waals surface area contributed by atoms with E-state index in [9.17, 15) is 9.18 Å². The summed E-state index contributed by atoms with van der Waals surface area (Å²) in [5, 5.41) is 9.09. The third kappa shape index (κ3) is 4.39. The van der Waals surface area contributed by atoms with Crippen LogP contribution in [0.4, 0.5) is 4.39 Å². The summed E-state index contributed by atoms with van der Waals surface area (Å²) in [6, 6.07) is 6.31. The van der Waals surface area contributed by atoms with Gasteiger partial charge in [0.05, 0.1) is 5.92 Å². The molecule has 0 saturated carbocycles. The van der Waals surface area contributed by atoms with Crippen LogP contribution in [0.25, 0.3) is 0 Å². The van der Waals surface area contributed by atoms with E-state index in [0.29, 0.717) is 12.0 Å². The molecule has 0 heterocycles. The van der Waals surface area contributed by atoms with Gasteiger partial charge in [-0.15, -0.1) is 0 Å². The second-order valence-electron chi connectivity index (χ2n) is 4.35. The van der Waals surface area contributed by atoms with Crippen molar-refractivity contribution in [2.24, 2.45) is 5.92 Å². The highest BCUT2D eigenvalue weighted by atomic mass is 19.1. The minimum atomic E-state index is -0.884. The van der Waals surface area contributed by atoms with Crippen molar-refractivity contribution in [2.45, 2.75) is 26.7 Å². The molecule has 2 nitrogen and oxygen atoms in total. The van der Waals surface area contributed by atoms with Gasteiger partial charge in [0, 0.05) is 0 Å². The predicted molar refractivity (Wildman–Crippen MR) is 65.3 cm³/mol. The van der Waals surface area contributed by atoms with Gasteiger partial charge < -0.3 is 5.11 Å². The van der Waals surface area contributed by atoms with Crippen LogP contribution >= 0.6 is 0 Å². The number of rotatable bonds is 5.